The second-order valence-electron chi connectivity index (χ2n) is 9.98. The Morgan fingerprint density at radius 3 is 2.73 bits per heavy atom. The highest BCUT2D eigenvalue weighted by molar-refractivity contribution is 6.72. The predicted molar refractivity (Wildman–Crippen MR) is 140 cm³/mol. The molecule has 200 valence electrons. The molecule has 1 aliphatic heterocycles. The van der Waals surface area contributed by atoms with Crippen molar-refractivity contribution in [2.45, 2.75) is 57.2 Å². The number of aryl methyl sites for hydroxylation is 1. The molecule has 37 heavy (non-hydrogen) atoms. The molecule has 11 heteroatoms. The van der Waals surface area contributed by atoms with Crippen molar-refractivity contribution in [1.29, 1.82) is 0 Å². The number of aliphatic hydroxyl groups is 1. The van der Waals surface area contributed by atoms with Crippen LogP contribution in [0.2, 0.25) is 18.6 Å². The van der Waals surface area contributed by atoms with Gasteiger partial charge in [-0.2, -0.15) is 0 Å². The minimum absolute atomic E-state index is 0.00511. The lowest BCUT2D eigenvalue weighted by molar-refractivity contribution is -0.0242. The van der Waals surface area contributed by atoms with Gasteiger partial charge in [-0.3, -0.25) is 14.0 Å². The lowest BCUT2D eigenvalue weighted by Gasteiger charge is -2.43. The van der Waals surface area contributed by atoms with Crippen LogP contribution in [0.5, 0.6) is 11.5 Å². The maximum absolute atomic E-state index is 15.7. The Morgan fingerprint density at radius 1 is 1.27 bits per heavy atom. The highest BCUT2D eigenvalue weighted by Gasteiger charge is 2.47. The third-order valence-electron chi connectivity index (χ3n) is 7.12. The molecule has 3 heterocycles. The average Bonchev–Trinajstić information content (AvgIpc) is 3.31. The van der Waals surface area contributed by atoms with Crippen LogP contribution in [0.25, 0.3) is 5.69 Å². The fourth-order valence-corrected chi connectivity index (χ4v) is 7.16. The number of nitrogens with zero attached hydrogens (tertiary/aromatic N) is 4. The molecule has 0 saturated heterocycles. The Kier molecular flexibility index (Phi) is 8.15. The fourth-order valence-electron chi connectivity index (χ4n) is 5.19. The van der Waals surface area contributed by atoms with Gasteiger partial charge < -0.3 is 23.4 Å². The van der Waals surface area contributed by atoms with Crippen LogP contribution in [0.3, 0.4) is 0 Å². The van der Waals surface area contributed by atoms with Crippen molar-refractivity contribution in [2.24, 2.45) is 5.92 Å². The number of pyridine rings is 1. The van der Waals surface area contributed by atoms with Gasteiger partial charge in [0.1, 0.15) is 11.9 Å². The van der Waals surface area contributed by atoms with Crippen molar-refractivity contribution in [2.75, 3.05) is 20.8 Å². The first-order valence-corrected chi connectivity index (χ1v) is 15.4. The van der Waals surface area contributed by atoms with Gasteiger partial charge in [0.25, 0.3) is 5.56 Å². The van der Waals surface area contributed by atoms with Crippen LogP contribution >= 0.6 is 0 Å². The number of methoxy groups -OCH3 is 2. The van der Waals surface area contributed by atoms with Crippen molar-refractivity contribution in [3.05, 3.63) is 64.3 Å². The first-order chi connectivity index (χ1) is 17.7. The lowest BCUT2D eigenvalue weighted by atomic mass is 9.86. The minimum Gasteiger partial charge on any atom is -0.491 e. The molecule has 2 aromatic heterocycles. The van der Waals surface area contributed by atoms with Crippen molar-refractivity contribution in [1.82, 2.24) is 19.6 Å². The summed E-state index contributed by atoms with van der Waals surface area (Å²) in [5.74, 6) is 0.744. The van der Waals surface area contributed by atoms with Crippen LogP contribution in [0.15, 0.2) is 47.5 Å². The Bertz CT molecular complexity index is 1270. The molecule has 4 rings (SSSR count). The molecule has 1 aromatic carbocycles. The van der Waals surface area contributed by atoms with Gasteiger partial charge in [0, 0.05) is 61.8 Å². The summed E-state index contributed by atoms with van der Waals surface area (Å²) in [6.45, 7) is 5.95. The van der Waals surface area contributed by atoms with Crippen molar-refractivity contribution >= 4 is 8.41 Å². The summed E-state index contributed by atoms with van der Waals surface area (Å²) < 4.78 is 36.6. The van der Waals surface area contributed by atoms with E-state index in [4.69, 9.17) is 19.3 Å². The molecule has 0 radical (unpaired) electrons. The van der Waals surface area contributed by atoms with Crippen molar-refractivity contribution in [3.8, 4) is 17.2 Å². The van der Waals surface area contributed by atoms with Crippen molar-refractivity contribution < 1.29 is 23.4 Å². The zero-order chi connectivity index (χ0) is 26.7. The summed E-state index contributed by atoms with van der Waals surface area (Å²) in [6.07, 6.45) is 3.72. The predicted octanol–water partition coefficient (Wildman–Crippen LogP) is 3.69. The van der Waals surface area contributed by atoms with Crippen LogP contribution in [0.4, 0.5) is 4.11 Å². The molecule has 4 atom stereocenters. The topological polar surface area (TPSA) is 101 Å². The first kappa shape index (κ1) is 27.0. The van der Waals surface area contributed by atoms with Crippen LogP contribution < -0.4 is 15.0 Å². The molecule has 1 unspecified atom stereocenters. The van der Waals surface area contributed by atoms with E-state index >= 15 is 4.11 Å². The van der Waals surface area contributed by atoms with Gasteiger partial charge in [0.05, 0.1) is 18.9 Å². The molecule has 0 spiro atoms. The van der Waals surface area contributed by atoms with E-state index < -0.39 is 14.5 Å². The zero-order valence-corrected chi connectivity index (χ0v) is 22.9. The van der Waals surface area contributed by atoms with Crippen LogP contribution in [0.1, 0.15) is 30.7 Å². The summed E-state index contributed by atoms with van der Waals surface area (Å²) in [5.41, 5.74) is 1.61. The van der Waals surface area contributed by atoms with Gasteiger partial charge in [0.15, 0.2) is 5.75 Å². The average molecular weight is 531 g/mol. The van der Waals surface area contributed by atoms with E-state index in [1.807, 2.05) is 25.1 Å². The number of hydrogen-bond donors (Lipinski definition) is 1. The molecule has 0 aliphatic carbocycles. The van der Waals surface area contributed by atoms with E-state index in [1.54, 1.807) is 49.4 Å². The molecule has 0 amide bonds. The summed E-state index contributed by atoms with van der Waals surface area (Å²) in [5, 5.41) is 17.3. The van der Waals surface area contributed by atoms with Crippen LogP contribution in [-0.4, -0.2) is 60.0 Å². The Balaban J connectivity index is 1.63. The third-order valence-corrected chi connectivity index (χ3v) is 9.51. The summed E-state index contributed by atoms with van der Waals surface area (Å²) in [7, 11) is -0.0571. The van der Waals surface area contributed by atoms with Gasteiger partial charge in [-0.1, -0.05) is 12.1 Å². The normalized spacial score (nSPS) is 20.2. The highest BCUT2D eigenvalue weighted by Crippen LogP contribution is 2.47. The molecule has 3 aromatic rings. The SMILES string of the molecule is COc1cccn(-c2ccc3c(c2)[C@H](OC)[C@@H](C)[C@H](C(CCn2cc(CCO)nn2)[Si](C)(C)F)O3)c1=O. The molecule has 0 bridgehead atoms. The molecule has 0 saturated carbocycles. The first-order valence-electron chi connectivity index (χ1n) is 12.5. The number of aliphatic hydroxyl groups excluding tert-OH is 1. The van der Waals surface area contributed by atoms with Gasteiger partial charge in [-0.25, -0.2) is 0 Å². The number of aromatic nitrogens is 4. The Hall–Kier alpha value is -3.02. The number of hydrogen-bond acceptors (Lipinski definition) is 7. The smallest absolute Gasteiger partial charge is 0.297 e. The van der Waals surface area contributed by atoms with E-state index in [0.29, 0.717) is 36.5 Å². The largest absolute Gasteiger partial charge is 0.491 e. The lowest BCUT2D eigenvalue weighted by Crippen LogP contribution is -2.46. The van der Waals surface area contributed by atoms with Gasteiger partial charge in [-0.15, -0.1) is 5.10 Å². The third kappa shape index (κ3) is 5.63. The quantitative estimate of drug-likeness (QED) is 0.315. The molecule has 0 fully saturated rings. The summed E-state index contributed by atoms with van der Waals surface area (Å²) in [6, 6.07) is 8.90. The van der Waals surface area contributed by atoms with E-state index in [9.17, 15) is 4.79 Å². The van der Waals surface area contributed by atoms with Crippen molar-refractivity contribution in [3.63, 3.8) is 0 Å². The van der Waals surface area contributed by atoms with E-state index in [0.717, 1.165) is 5.56 Å². The highest BCUT2D eigenvalue weighted by atomic mass is 28.4. The zero-order valence-electron chi connectivity index (χ0n) is 21.9. The van der Waals surface area contributed by atoms with Crippen LogP contribution in [-0.2, 0) is 17.7 Å². The standard InChI is InChI=1S/C26H35FN4O5Si/c1-17-24(35-3)20-15-19(31-12-6-7-22(34-2)26(31)33)8-9-21(20)36-25(17)23(37(4,5)27)10-13-30-16-18(11-14-32)28-29-30/h6-9,12,15-17,23-25,32H,10-11,13-14H2,1-5H3/t17-,23?,24-,25-/m1/s1. The molecule has 1 N–H and O–H groups in total. The van der Waals surface area contributed by atoms with Gasteiger partial charge in [-0.05, 0) is 49.8 Å². The number of fused-ring (bicyclic) bond motifs is 1. The Labute approximate surface area is 217 Å². The monoisotopic (exact) mass is 530 g/mol. The minimum atomic E-state index is -3.16. The number of halogens is 1. The Morgan fingerprint density at radius 2 is 2.05 bits per heavy atom. The maximum atomic E-state index is 15.7. The van der Waals surface area contributed by atoms with E-state index in [1.165, 1.54) is 11.7 Å². The number of rotatable bonds is 10. The molecule has 9 nitrogen and oxygen atoms in total. The summed E-state index contributed by atoms with van der Waals surface area (Å²) >= 11 is 0. The second-order valence-corrected chi connectivity index (χ2v) is 13.8. The maximum Gasteiger partial charge on any atom is 0.297 e. The number of benzene rings is 1. The van der Waals surface area contributed by atoms with Crippen LogP contribution in [0, 0.1) is 5.92 Å². The van der Waals surface area contributed by atoms with E-state index in [-0.39, 0.29) is 35.5 Å². The van der Waals surface area contributed by atoms with Gasteiger partial charge in [0.2, 0.25) is 8.41 Å². The summed E-state index contributed by atoms with van der Waals surface area (Å²) in [4.78, 5) is 12.8. The second kappa shape index (κ2) is 11.2. The van der Waals surface area contributed by atoms with Gasteiger partial charge >= 0.3 is 0 Å². The molecular weight excluding hydrogens is 495 g/mol. The molecular formula is C26H35FN4O5Si. The van der Waals surface area contributed by atoms with E-state index in [2.05, 4.69) is 10.3 Å². The fraction of sp³-hybridized carbons (Fsp3) is 0.500. The number of ether oxygens (including phenoxy) is 3. The molecule has 1 aliphatic rings.